The molecule has 1 heterocycles. The van der Waals surface area contributed by atoms with Gasteiger partial charge in [0.2, 0.25) is 0 Å². The number of hydrogen-bond acceptors (Lipinski definition) is 4. The van der Waals surface area contributed by atoms with Gasteiger partial charge in [0.05, 0.1) is 12.2 Å². The lowest BCUT2D eigenvalue weighted by Gasteiger charge is -2.35. The minimum Gasteiger partial charge on any atom is -0.360 e. The van der Waals surface area contributed by atoms with Crippen LogP contribution in [0, 0.1) is 5.92 Å². The first-order valence-corrected chi connectivity index (χ1v) is 7.94. The van der Waals surface area contributed by atoms with Gasteiger partial charge in [-0.3, -0.25) is 4.90 Å². The Kier molecular flexibility index (Phi) is 5.61. The number of aromatic nitrogens is 1. The van der Waals surface area contributed by atoms with Crippen molar-refractivity contribution in [2.45, 2.75) is 71.6 Å². The fourth-order valence-corrected chi connectivity index (χ4v) is 3.14. The third-order valence-electron chi connectivity index (χ3n) is 4.34. The second-order valence-electron chi connectivity index (χ2n) is 6.56. The molecule has 1 aromatic rings. The van der Waals surface area contributed by atoms with Crippen molar-refractivity contribution >= 4 is 0 Å². The van der Waals surface area contributed by atoms with E-state index in [1.165, 1.54) is 25.7 Å². The van der Waals surface area contributed by atoms with E-state index in [1.807, 2.05) is 0 Å². The first-order chi connectivity index (χ1) is 9.56. The maximum Gasteiger partial charge on any atom is 0.151 e. The van der Waals surface area contributed by atoms with Crippen LogP contribution >= 0.6 is 0 Å². The van der Waals surface area contributed by atoms with Gasteiger partial charge >= 0.3 is 0 Å². The zero-order valence-electron chi connectivity index (χ0n) is 13.4. The molecule has 1 saturated carbocycles. The van der Waals surface area contributed by atoms with Crippen LogP contribution in [0.25, 0.3) is 0 Å². The van der Waals surface area contributed by atoms with E-state index in [2.05, 4.69) is 49.3 Å². The van der Waals surface area contributed by atoms with Crippen molar-refractivity contribution in [1.82, 2.24) is 15.4 Å². The maximum absolute atomic E-state index is 5.46. The summed E-state index contributed by atoms with van der Waals surface area (Å²) in [5.41, 5.74) is 0.999. The van der Waals surface area contributed by atoms with Crippen LogP contribution < -0.4 is 5.32 Å². The Morgan fingerprint density at radius 3 is 2.85 bits per heavy atom. The normalized spacial score (nSPS) is 23.7. The molecule has 4 nitrogen and oxygen atoms in total. The van der Waals surface area contributed by atoms with Crippen LogP contribution in [-0.2, 0) is 13.1 Å². The summed E-state index contributed by atoms with van der Waals surface area (Å²) < 4.78 is 5.46. The molecule has 1 aliphatic rings. The molecule has 1 aliphatic carbocycles. The lowest BCUT2D eigenvalue weighted by molar-refractivity contribution is 0.122. The average molecular weight is 279 g/mol. The minimum atomic E-state index is 0.473. The molecule has 2 rings (SSSR count). The van der Waals surface area contributed by atoms with Gasteiger partial charge in [-0.2, -0.15) is 0 Å². The molecule has 20 heavy (non-hydrogen) atoms. The Hall–Kier alpha value is -0.870. The zero-order valence-corrected chi connectivity index (χ0v) is 13.4. The second-order valence-corrected chi connectivity index (χ2v) is 6.56. The van der Waals surface area contributed by atoms with E-state index in [-0.39, 0.29) is 0 Å². The maximum atomic E-state index is 5.46. The van der Waals surface area contributed by atoms with E-state index in [4.69, 9.17) is 4.52 Å². The predicted octanol–water partition coefficient (Wildman–Crippen LogP) is 3.18. The molecule has 0 saturated heterocycles. The summed E-state index contributed by atoms with van der Waals surface area (Å²) >= 11 is 0. The van der Waals surface area contributed by atoms with E-state index in [0.717, 1.165) is 30.5 Å². The fourth-order valence-electron chi connectivity index (χ4n) is 3.14. The summed E-state index contributed by atoms with van der Waals surface area (Å²) in [5.74, 6) is 1.77. The highest BCUT2D eigenvalue weighted by atomic mass is 16.5. The van der Waals surface area contributed by atoms with Crippen LogP contribution in [0.15, 0.2) is 10.6 Å². The molecule has 0 spiro atoms. The summed E-state index contributed by atoms with van der Waals surface area (Å²) in [7, 11) is 2.21. The smallest absolute Gasteiger partial charge is 0.151 e. The molecule has 114 valence electrons. The molecule has 0 radical (unpaired) electrons. The highest BCUT2D eigenvalue weighted by molar-refractivity contribution is 5.05. The van der Waals surface area contributed by atoms with E-state index >= 15 is 0 Å². The summed E-state index contributed by atoms with van der Waals surface area (Å²) in [4.78, 5) is 2.43. The van der Waals surface area contributed by atoms with E-state index in [1.54, 1.807) is 0 Å². The molecule has 1 N–H and O–H groups in total. The lowest BCUT2D eigenvalue weighted by atomic mass is 9.85. The predicted molar refractivity (Wildman–Crippen MR) is 81.4 cm³/mol. The monoisotopic (exact) mass is 279 g/mol. The van der Waals surface area contributed by atoms with Crippen molar-refractivity contribution in [1.29, 1.82) is 0 Å². The fraction of sp³-hybridized carbons (Fsp3) is 0.812. The van der Waals surface area contributed by atoms with Crippen LogP contribution in [-0.4, -0.2) is 29.2 Å². The Labute approximate surface area is 122 Å². The quantitative estimate of drug-likeness (QED) is 0.868. The molecule has 2 unspecified atom stereocenters. The first-order valence-electron chi connectivity index (χ1n) is 7.94. The summed E-state index contributed by atoms with van der Waals surface area (Å²) in [6, 6.07) is 3.24. The lowest BCUT2D eigenvalue weighted by Crippen LogP contribution is -2.38. The summed E-state index contributed by atoms with van der Waals surface area (Å²) in [6.07, 6.45) is 5.42. The summed E-state index contributed by atoms with van der Waals surface area (Å²) in [6.45, 7) is 8.30. The molecule has 0 amide bonds. The first kappa shape index (κ1) is 15.5. The highest BCUT2D eigenvalue weighted by Gasteiger charge is 2.25. The second kappa shape index (κ2) is 7.23. The number of hydrogen-bond donors (Lipinski definition) is 1. The van der Waals surface area contributed by atoms with Gasteiger partial charge in [0.1, 0.15) is 0 Å². The molecule has 1 aromatic heterocycles. The minimum absolute atomic E-state index is 0.473. The number of nitrogens with one attached hydrogen (secondary N) is 1. The Bertz CT molecular complexity index is 402. The highest BCUT2D eigenvalue weighted by Crippen LogP contribution is 2.28. The Morgan fingerprint density at radius 1 is 1.40 bits per heavy atom. The largest absolute Gasteiger partial charge is 0.360 e. The number of rotatable bonds is 6. The van der Waals surface area contributed by atoms with Gasteiger partial charge in [-0.25, -0.2) is 0 Å². The topological polar surface area (TPSA) is 41.3 Å². The third kappa shape index (κ3) is 4.32. The van der Waals surface area contributed by atoms with Crippen molar-refractivity contribution in [2.75, 3.05) is 7.05 Å². The molecule has 2 atom stereocenters. The molecule has 1 fully saturated rings. The molecule has 0 aromatic carbocycles. The van der Waals surface area contributed by atoms with E-state index in [0.29, 0.717) is 12.1 Å². The molecule has 0 aliphatic heterocycles. The van der Waals surface area contributed by atoms with Gasteiger partial charge in [-0.15, -0.1) is 0 Å². The van der Waals surface area contributed by atoms with Crippen LogP contribution in [0.3, 0.4) is 0 Å². The number of nitrogens with zero attached hydrogens (tertiary/aromatic N) is 2. The molecule has 4 heteroatoms. The third-order valence-corrected chi connectivity index (χ3v) is 4.34. The van der Waals surface area contributed by atoms with Crippen molar-refractivity contribution in [2.24, 2.45) is 5.92 Å². The van der Waals surface area contributed by atoms with Crippen molar-refractivity contribution in [3.05, 3.63) is 17.5 Å². The van der Waals surface area contributed by atoms with Gasteiger partial charge in [-0.1, -0.05) is 38.8 Å². The average Bonchev–Trinajstić information content (AvgIpc) is 2.84. The molecular formula is C16H29N3O. The standard InChI is InChI=1S/C16H29N3O/c1-12(2)17-10-14-9-15(20-18-14)11-19(4)16-8-6-5-7-13(16)3/h9,12-13,16-17H,5-8,10-11H2,1-4H3. The van der Waals surface area contributed by atoms with Gasteiger partial charge < -0.3 is 9.84 Å². The van der Waals surface area contributed by atoms with Gasteiger partial charge in [0.15, 0.2) is 5.76 Å². The van der Waals surface area contributed by atoms with E-state index < -0.39 is 0 Å². The van der Waals surface area contributed by atoms with Crippen LogP contribution in [0.1, 0.15) is 57.9 Å². The SMILES string of the molecule is CC(C)NCc1cc(CN(C)C2CCCCC2C)on1. The molecule has 0 bridgehead atoms. The van der Waals surface area contributed by atoms with Gasteiger partial charge in [0, 0.05) is 24.7 Å². The van der Waals surface area contributed by atoms with E-state index in [9.17, 15) is 0 Å². The van der Waals surface area contributed by atoms with Gasteiger partial charge in [-0.05, 0) is 25.8 Å². The van der Waals surface area contributed by atoms with Crippen LogP contribution in [0.4, 0.5) is 0 Å². The van der Waals surface area contributed by atoms with Gasteiger partial charge in [0.25, 0.3) is 0 Å². The van der Waals surface area contributed by atoms with Crippen molar-refractivity contribution in [3.63, 3.8) is 0 Å². The molecular weight excluding hydrogens is 250 g/mol. The Balaban J connectivity index is 1.86. The summed E-state index contributed by atoms with van der Waals surface area (Å²) in [5, 5.41) is 7.50. The Morgan fingerprint density at radius 2 is 2.15 bits per heavy atom. The van der Waals surface area contributed by atoms with Crippen molar-refractivity contribution in [3.8, 4) is 0 Å². The zero-order chi connectivity index (χ0) is 14.5. The van der Waals surface area contributed by atoms with Crippen LogP contribution in [0.2, 0.25) is 0 Å². The van der Waals surface area contributed by atoms with Crippen molar-refractivity contribution < 1.29 is 4.52 Å². The van der Waals surface area contributed by atoms with Crippen LogP contribution in [0.5, 0.6) is 0 Å².